The Balaban J connectivity index is 2.79. The summed E-state index contributed by atoms with van der Waals surface area (Å²) in [7, 11) is 0. The Labute approximate surface area is 131 Å². The molecule has 1 aliphatic heterocycles. The quantitative estimate of drug-likeness (QED) is 0.529. The topological polar surface area (TPSA) is 109 Å². The van der Waals surface area contributed by atoms with Gasteiger partial charge in [-0.2, -0.15) is 0 Å². The Kier molecular flexibility index (Phi) is 7.00. The number of aliphatic carboxylic acids is 1. The van der Waals surface area contributed by atoms with Crippen LogP contribution in [0, 0.1) is 11.8 Å². The van der Waals surface area contributed by atoms with Crippen molar-refractivity contribution < 1.29 is 19.5 Å². The number of hydrogen-bond donors (Lipinski definition) is 3. The Morgan fingerprint density at radius 1 is 1.41 bits per heavy atom. The van der Waals surface area contributed by atoms with Crippen LogP contribution in [0.3, 0.4) is 0 Å². The number of amides is 1. The van der Waals surface area contributed by atoms with Crippen molar-refractivity contribution in [1.82, 2.24) is 5.32 Å². The van der Waals surface area contributed by atoms with E-state index in [1.165, 1.54) is 0 Å². The average Bonchev–Trinajstić information content (AvgIpc) is 2.88. The summed E-state index contributed by atoms with van der Waals surface area (Å²) in [6.07, 6.45) is 4.81. The first kappa shape index (κ1) is 18.6. The molecular formula is C16H28N2O4. The molecule has 6 nitrogen and oxygen atoms in total. The van der Waals surface area contributed by atoms with Gasteiger partial charge in [0.1, 0.15) is 0 Å². The summed E-state index contributed by atoms with van der Waals surface area (Å²) in [5.74, 6) is -2.82. The van der Waals surface area contributed by atoms with Crippen LogP contribution in [0.25, 0.3) is 0 Å². The number of carboxylic acids is 1. The van der Waals surface area contributed by atoms with Gasteiger partial charge < -0.3 is 16.2 Å². The van der Waals surface area contributed by atoms with E-state index in [-0.39, 0.29) is 17.6 Å². The van der Waals surface area contributed by atoms with Gasteiger partial charge in [0.25, 0.3) is 0 Å². The minimum atomic E-state index is -1.60. The van der Waals surface area contributed by atoms with E-state index in [1.807, 2.05) is 0 Å². The molecule has 0 aromatic rings. The highest BCUT2D eigenvalue weighted by atomic mass is 16.4. The number of ketones is 1. The number of rotatable bonds is 10. The normalized spacial score (nSPS) is 22.0. The molecule has 0 aromatic carbocycles. The molecule has 1 fully saturated rings. The van der Waals surface area contributed by atoms with E-state index in [4.69, 9.17) is 10.8 Å². The van der Waals surface area contributed by atoms with E-state index in [2.05, 4.69) is 12.2 Å². The largest absolute Gasteiger partial charge is 0.481 e. The Bertz CT molecular complexity index is 424. The predicted octanol–water partition coefficient (Wildman–Crippen LogP) is 1.47. The lowest BCUT2D eigenvalue weighted by Gasteiger charge is -2.33. The van der Waals surface area contributed by atoms with Crippen LogP contribution < -0.4 is 11.1 Å². The highest BCUT2D eigenvalue weighted by molar-refractivity contribution is 5.99. The van der Waals surface area contributed by atoms with E-state index in [9.17, 15) is 14.4 Å². The lowest BCUT2D eigenvalue weighted by atomic mass is 9.73. The molecule has 0 saturated carbocycles. The van der Waals surface area contributed by atoms with Crippen LogP contribution in [0.5, 0.6) is 0 Å². The number of unbranched alkanes of at least 4 members (excludes halogenated alkanes) is 3. The third kappa shape index (κ3) is 4.53. The monoisotopic (exact) mass is 312 g/mol. The molecule has 0 radical (unpaired) electrons. The van der Waals surface area contributed by atoms with Gasteiger partial charge in [0.15, 0.2) is 5.78 Å². The van der Waals surface area contributed by atoms with Gasteiger partial charge in [-0.3, -0.25) is 14.4 Å². The van der Waals surface area contributed by atoms with E-state index in [0.717, 1.165) is 25.7 Å². The SMILES string of the molecule is CCCCCCC(C)C(=O)C(N)(CC(=O)O)[C@@H]1CCNC1=O. The minimum Gasteiger partial charge on any atom is -0.481 e. The summed E-state index contributed by atoms with van der Waals surface area (Å²) in [6, 6.07) is 0. The van der Waals surface area contributed by atoms with E-state index in [1.54, 1.807) is 6.92 Å². The molecule has 4 N–H and O–H groups in total. The molecule has 3 atom stereocenters. The lowest BCUT2D eigenvalue weighted by molar-refractivity contribution is -0.145. The molecule has 22 heavy (non-hydrogen) atoms. The van der Waals surface area contributed by atoms with Crippen LogP contribution in [-0.4, -0.2) is 34.8 Å². The molecule has 126 valence electrons. The standard InChI is InChI=1S/C16H28N2O4/c1-3-4-5-6-7-11(2)14(21)16(17,10-13(19)20)12-8-9-18-15(12)22/h11-12H,3-10,17H2,1-2H3,(H,18,22)(H,19,20)/t11?,12-,16?/m1/s1. The van der Waals surface area contributed by atoms with Crippen LogP contribution in [0.2, 0.25) is 0 Å². The van der Waals surface area contributed by atoms with Crippen molar-refractivity contribution in [2.45, 2.75) is 64.3 Å². The molecule has 6 heteroatoms. The number of nitrogens with one attached hydrogen (secondary N) is 1. The molecule has 2 unspecified atom stereocenters. The van der Waals surface area contributed by atoms with Crippen molar-refractivity contribution in [1.29, 1.82) is 0 Å². The second-order valence-electron chi connectivity index (χ2n) is 6.36. The number of carboxylic acid groups (broad SMARTS) is 1. The fourth-order valence-electron chi connectivity index (χ4n) is 3.18. The zero-order valence-corrected chi connectivity index (χ0v) is 13.6. The van der Waals surface area contributed by atoms with Gasteiger partial charge in [0, 0.05) is 12.5 Å². The maximum atomic E-state index is 12.7. The summed E-state index contributed by atoms with van der Waals surface area (Å²) in [5, 5.41) is 11.7. The molecule has 0 aromatic heterocycles. The number of carbonyl (C=O) groups excluding carboxylic acids is 2. The first-order valence-corrected chi connectivity index (χ1v) is 8.15. The van der Waals surface area contributed by atoms with Crippen LogP contribution in [0.1, 0.15) is 58.8 Å². The highest BCUT2D eigenvalue weighted by Gasteiger charge is 2.49. The summed E-state index contributed by atoms with van der Waals surface area (Å²) in [6.45, 7) is 4.34. The third-order valence-corrected chi connectivity index (χ3v) is 4.51. The fourth-order valence-corrected chi connectivity index (χ4v) is 3.18. The zero-order valence-electron chi connectivity index (χ0n) is 13.6. The van der Waals surface area contributed by atoms with E-state index >= 15 is 0 Å². The van der Waals surface area contributed by atoms with Crippen molar-refractivity contribution >= 4 is 17.7 Å². The van der Waals surface area contributed by atoms with Crippen molar-refractivity contribution in [2.75, 3.05) is 6.54 Å². The summed E-state index contributed by atoms with van der Waals surface area (Å²) >= 11 is 0. The molecule has 0 bridgehead atoms. The van der Waals surface area contributed by atoms with Crippen molar-refractivity contribution in [3.63, 3.8) is 0 Å². The van der Waals surface area contributed by atoms with Crippen LogP contribution in [-0.2, 0) is 14.4 Å². The van der Waals surface area contributed by atoms with Gasteiger partial charge in [-0.05, 0) is 12.8 Å². The molecule has 1 aliphatic rings. The number of hydrogen-bond acceptors (Lipinski definition) is 4. The van der Waals surface area contributed by atoms with Gasteiger partial charge in [-0.15, -0.1) is 0 Å². The van der Waals surface area contributed by atoms with Gasteiger partial charge in [-0.1, -0.05) is 39.5 Å². The summed E-state index contributed by atoms with van der Waals surface area (Å²) in [4.78, 5) is 35.8. The van der Waals surface area contributed by atoms with Crippen molar-refractivity contribution in [3.05, 3.63) is 0 Å². The minimum absolute atomic E-state index is 0.298. The van der Waals surface area contributed by atoms with Gasteiger partial charge in [0.05, 0.1) is 17.9 Å². The van der Waals surface area contributed by atoms with E-state index < -0.39 is 23.8 Å². The molecule has 1 heterocycles. The fraction of sp³-hybridized carbons (Fsp3) is 0.812. The molecular weight excluding hydrogens is 284 g/mol. The number of carbonyl (C=O) groups is 3. The second-order valence-corrected chi connectivity index (χ2v) is 6.36. The second kappa shape index (κ2) is 8.27. The Hall–Kier alpha value is -1.43. The molecule has 1 rings (SSSR count). The summed E-state index contributed by atoms with van der Waals surface area (Å²) < 4.78 is 0. The molecule has 0 aliphatic carbocycles. The molecule has 1 amide bonds. The smallest absolute Gasteiger partial charge is 0.305 e. The zero-order chi connectivity index (χ0) is 16.8. The maximum absolute atomic E-state index is 12.7. The Morgan fingerprint density at radius 3 is 2.59 bits per heavy atom. The third-order valence-electron chi connectivity index (χ3n) is 4.51. The van der Waals surface area contributed by atoms with Crippen LogP contribution >= 0.6 is 0 Å². The first-order chi connectivity index (χ1) is 10.3. The maximum Gasteiger partial charge on any atom is 0.305 e. The van der Waals surface area contributed by atoms with Gasteiger partial charge in [-0.25, -0.2) is 0 Å². The van der Waals surface area contributed by atoms with Crippen LogP contribution in [0.15, 0.2) is 0 Å². The molecule has 1 saturated heterocycles. The van der Waals surface area contributed by atoms with Crippen molar-refractivity contribution in [3.8, 4) is 0 Å². The van der Waals surface area contributed by atoms with Gasteiger partial charge in [0.2, 0.25) is 5.91 Å². The Morgan fingerprint density at radius 2 is 2.09 bits per heavy atom. The predicted molar refractivity (Wildman–Crippen MR) is 83.2 cm³/mol. The first-order valence-electron chi connectivity index (χ1n) is 8.15. The average molecular weight is 312 g/mol. The number of nitrogens with two attached hydrogens (primary N) is 1. The lowest BCUT2D eigenvalue weighted by Crippen LogP contribution is -2.59. The molecule has 0 spiro atoms. The van der Waals surface area contributed by atoms with E-state index in [0.29, 0.717) is 19.4 Å². The van der Waals surface area contributed by atoms with Crippen molar-refractivity contribution in [2.24, 2.45) is 17.6 Å². The summed E-state index contributed by atoms with van der Waals surface area (Å²) in [5.41, 5.74) is 4.58. The van der Waals surface area contributed by atoms with Gasteiger partial charge >= 0.3 is 5.97 Å². The highest BCUT2D eigenvalue weighted by Crippen LogP contribution is 2.30. The van der Waals surface area contributed by atoms with Crippen LogP contribution in [0.4, 0.5) is 0 Å². The number of Topliss-reactive ketones (excluding diaryl/α,β-unsaturated/α-hetero) is 1.